The molecule has 0 spiro atoms. The summed E-state index contributed by atoms with van der Waals surface area (Å²) in [5, 5.41) is 9.00. The number of carbonyl (C=O) groups is 1. The molecule has 1 aromatic carbocycles. The lowest BCUT2D eigenvalue weighted by Gasteiger charge is -2.07. The minimum absolute atomic E-state index is 0.123. The molecule has 1 rings (SSSR count). The predicted molar refractivity (Wildman–Crippen MR) is 61.5 cm³/mol. The third kappa shape index (κ3) is 3.81. The number of carboxylic acids is 1. The van der Waals surface area contributed by atoms with E-state index in [0.717, 1.165) is 5.56 Å². The average Bonchev–Trinajstić information content (AvgIpc) is 2.19. The van der Waals surface area contributed by atoms with Gasteiger partial charge in [0, 0.05) is 11.4 Å². The highest BCUT2D eigenvalue weighted by molar-refractivity contribution is 6.31. The Balaban J connectivity index is 2.64. The Bertz CT molecular complexity index is 377. The molecule has 1 N–H and O–H groups in total. The topological polar surface area (TPSA) is 37.3 Å². The van der Waals surface area contributed by atoms with Crippen LogP contribution in [0, 0.1) is 0 Å². The Morgan fingerprint density at radius 2 is 2.25 bits per heavy atom. The van der Waals surface area contributed by atoms with Gasteiger partial charge in [-0.1, -0.05) is 23.7 Å². The van der Waals surface area contributed by atoms with E-state index < -0.39 is 12.1 Å². The Morgan fingerprint density at radius 1 is 1.56 bits per heavy atom. The van der Waals surface area contributed by atoms with E-state index in [0.29, 0.717) is 23.4 Å². The van der Waals surface area contributed by atoms with Crippen molar-refractivity contribution in [3.8, 4) is 0 Å². The number of carboxylic acid groups (broad SMARTS) is 1. The highest BCUT2D eigenvalue weighted by Crippen LogP contribution is 2.24. The smallest absolute Gasteiger partial charge is 0.303 e. The average molecular weight is 245 g/mol. The number of halogens is 2. The summed E-state index contributed by atoms with van der Waals surface area (Å²) in [6, 6.07) is 5.05. The SMILES string of the molecule is CC(F)c1ccc(CCCC(=O)O)c(Cl)c1. The summed E-state index contributed by atoms with van der Waals surface area (Å²) >= 11 is 5.97. The van der Waals surface area contributed by atoms with E-state index in [-0.39, 0.29) is 6.42 Å². The first-order valence-electron chi connectivity index (χ1n) is 5.15. The molecule has 2 nitrogen and oxygen atoms in total. The van der Waals surface area contributed by atoms with E-state index in [2.05, 4.69) is 0 Å². The third-order valence-corrected chi connectivity index (χ3v) is 2.73. The van der Waals surface area contributed by atoms with Gasteiger partial charge in [-0.15, -0.1) is 0 Å². The van der Waals surface area contributed by atoms with Gasteiger partial charge in [0.2, 0.25) is 0 Å². The van der Waals surface area contributed by atoms with Crippen molar-refractivity contribution in [3.05, 3.63) is 34.3 Å². The van der Waals surface area contributed by atoms with Gasteiger partial charge in [-0.25, -0.2) is 4.39 Å². The van der Waals surface area contributed by atoms with E-state index >= 15 is 0 Å². The van der Waals surface area contributed by atoms with Crippen molar-refractivity contribution >= 4 is 17.6 Å². The second-order valence-electron chi connectivity index (χ2n) is 3.71. The molecule has 88 valence electrons. The molecular formula is C12H14ClFO2. The van der Waals surface area contributed by atoms with Crippen molar-refractivity contribution < 1.29 is 14.3 Å². The molecular weight excluding hydrogens is 231 g/mol. The maximum atomic E-state index is 13.0. The molecule has 4 heteroatoms. The summed E-state index contributed by atoms with van der Waals surface area (Å²) in [5.41, 5.74) is 1.42. The van der Waals surface area contributed by atoms with E-state index in [1.165, 1.54) is 6.92 Å². The maximum absolute atomic E-state index is 13.0. The van der Waals surface area contributed by atoms with E-state index in [1.54, 1.807) is 18.2 Å². The lowest BCUT2D eigenvalue weighted by atomic mass is 10.0. The molecule has 0 aromatic heterocycles. The van der Waals surface area contributed by atoms with Crippen LogP contribution in [0.2, 0.25) is 5.02 Å². The number of hydrogen-bond donors (Lipinski definition) is 1. The first kappa shape index (κ1) is 13.0. The van der Waals surface area contributed by atoms with Crippen LogP contribution in [0.5, 0.6) is 0 Å². The van der Waals surface area contributed by atoms with Gasteiger partial charge in [0.15, 0.2) is 0 Å². The fourth-order valence-corrected chi connectivity index (χ4v) is 1.73. The minimum atomic E-state index is -1.04. The Labute approximate surface area is 99.0 Å². The van der Waals surface area contributed by atoms with Gasteiger partial charge in [0.05, 0.1) is 0 Å². The summed E-state index contributed by atoms with van der Waals surface area (Å²) < 4.78 is 13.0. The van der Waals surface area contributed by atoms with Gasteiger partial charge in [0.1, 0.15) is 6.17 Å². The Morgan fingerprint density at radius 3 is 2.75 bits per heavy atom. The number of aryl methyl sites for hydroxylation is 1. The second-order valence-corrected chi connectivity index (χ2v) is 4.12. The van der Waals surface area contributed by atoms with Crippen molar-refractivity contribution in [2.45, 2.75) is 32.4 Å². The standard InChI is InChI=1S/C12H14ClFO2/c1-8(14)10-6-5-9(11(13)7-10)3-2-4-12(15)16/h5-8H,2-4H2,1H3,(H,15,16). The molecule has 0 aliphatic heterocycles. The molecule has 0 saturated carbocycles. The summed E-state index contributed by atoms with van der Waals surface area (Å²) in [4.78, 5) is 10.3. The van der Waals surface area contributed by atoms with Gasteiger partial charge < -0.3 is 5.11 Å². The Kier molecular flexibility index (Phi) is 4.74. The van der Waals surface area contributed by atoms with Crippen LogP contribution in [-0.4, -0.2) is 11.1 Å². The molecule has 0 aliphatic rings. The first-order chi connectivity index (χ1) is 7.50. The molecule has 16 heavy (non-hydrogen) atoms. The van der Waals surface area contributed by atoms with Gasteiger partial charge in [-0.3, -0.25) is 4.79 Å². The van der Waals surface area contributed by atoms with Crippen molar-refractivity contribution in [3.63, 3.8) is 0 Å². The summed E-state index contributed by atoms with van der Waals surface area (Å²) in [6.45, 7) is 1.45. The fraction of sp³-hybridized carbons (Fsp3) is 0.417. The van der Waals surface area contributed by atoms with Gasteiger partial charge >= 0.3 is 5.97 Å². The van der Waals surface area contributed by atoms with Crippen LogP contribution >= 0.6 is 11.6 Å². The van der Waals surface area contributed by atoms with Gasteiger partial charge in [-0.2, -0.15) is 0 Å². The van der Waals surface area contributed by atoms with Crippen LogP contribution in [0.25, 0.3) is 0 Å². The maximum Gasteiger partial charge on any atom is 0.303 e. The number of rotatable bonds is 5. The molecule has 1 aromatic rings. The van der Waals surface area contributed by atoms with Gasteiger partial charge in [0.25, 0.3) is 0 Å². The first-order valence-corrected chi connectivity index (χ1v) is 5.52. The number of alkyl halides is 1. The monoisotopic (exact) mass is 244 g/mol. The van der Waals surface area contributed by atoms with Crippen molar-refractivity contribution in [2.75, 3.05) is 0 Å². The molecule has 0 heterocycles. The molecule has 1 atom stereocenters. The quantitative estimate of drug-likeness (QED) is 0.856. The van der Waals surface area contributed by atoms with Crippen molar-refractivity contribution in [1.29, 1.82) is 0 Å². The van der Waals surface area contributed by atoms with Crippen LogP contribution in [0.4, 0.5) is 4.39 Å². The zero-order valence-electron chi connectivity index (χ0n) is 9.04. The Hall–Kier alpha value is -1.09. The highest BCUT2D eigenvalue weighted by Gasteiger charge is 2.07. The largest absolute Gasteiger partial charge is 0.481 e. The zero-order valence-corrected chi connectivity index (χ0v) is 9.80. The number of aliphatic carboxylic acids is 1. The lowest BCUT2D eigenvalue weighted by molar-refractivity contribution is -0.137. The number of hydrogen-bond acceptors (Lipinski definition) is 1. The minimum Gasteiger partial charge on any atom is -0.481 e. The van der Waals surface area contributed by atoms with Crippen molar-refractivity contribution in [1.82, 2.24) is 0 Å². The number of benzene rings is 1. The van der Waals surface area contributed by atoms with Crippen LogP contribution in [0.3, 0.4) is 0 Å². The summed E-state index contributed by atoms with van der Waals surface area (Å²) in [7, 11) is 0. The molecule has 0 saturated heterocycles. The van der Waals surface area contributed by atoms with Crippen LogP contribution < -0.4 is 0 Å². The lowest BCUT2D eigenvalue weighted by Crippen LogP contribution is -1.97. The zero-order chi connectivity index (χ0) is 12.1. The van der Waals surface area contributed by atoms with Crippen molar-refractivity contribution in [2.24, 2.45) is 0 Å². The normalized spacial score (nSPS) is 12.4. The van der Waals surface area contributed by atoms with Crippen LogP contribution in [0.15, 0.2) is 18.2 Å². The molecule has 0 bridgehead atoms. The summed E-state index contributed by atoms with van der Waals surface area (Å²) in [5.74, 6) is -0.815. The van der Waals surface area contributed by atoms with Crippen LogP contribution in [-0.2, 0) is 11.2 Å². The molecule has 0 amide bonds. The van der Waals surface area contributed by atoms with E-state index in [1.807, 2.05) is 0 Å². The molecule has 0 aliphatic carbocycles. The van der Waals surface area contributed by atoms with Crippen LogP contribution in [0.1, 0.15) is 37.1 Å². The molecule has 0 fully saturated rings. The van der Waals surface area contributed by atoms with E-state index in [4.69, 9.17) is 16.7 Å². The predicted octanol–water partition coefficient (Wildman–Crippen LogP) is 3.78. The van der Waals surface area contributed by atoms with Gasteiger partial charge in [-0.05, 0) is 37.0 Å². The third-order valence-electron chi connectivity index (χ3n) is 2.37. The molecule has 0 radical (unpaired) electrons. The summed E-state index contributed by atoms with van der Waals surface area (Å²) in [6.07, 6.45) is 0.231. The molecule has 1 unspecified atom stereocenters. The highest BCUT2D eigenvalue weighted by atomic mass is 35.5. The van der Waals surface area contributed by atoms with E-state index in [9.17, 15) is 9.18 Å². The fourth-order valence-electron chi connectivity index (χ4n) is 1.44. The second kappa shape index (κ2) is 5.85.